The van der Waals surface area contributed by atoms with Gasteiger partial charge in [-0.2, -0.15) is 0 Å². The third-order valence-corrected chi connectivity index (χ3v) is 2.07. The second-order valence-corrected chi connectivity index (χ2v) is 3.27. The number of amides is 1. The molecule has 13 heavy (non-hydrogen) atoms. The number of carboxylic acids is 1. The fourth-order valence-electron chi connectivity index (χ4n) is 0.997. The van der Waals surface area contributed by atoms with Gasteiger partial charge in [0.2, 0.25) is 5.91 Å². The maximum atomic E-state index is 11.0. The maximum absolute atomic E-state index is 11.0. The molecule has 74 valence electrons. The SMILES string of the molecule is C[C@H](N)C(=O)NC1(C(=O)O)C[C@H]1O. The molecule has 0 heterocycles. The number of nitrogens with one attached hydrogen (secondary N) is 1. The minimum atomic E-state index is -1.50. The van der Waals surface area contributed by atoms with Crippen LogP contribution in [-0.2, 0) is 9.59 Å². The highest BCUT2D eigenvalue weighted by Gasteiger charge is 2.61. The zero-order valence-electron chi connectivity index (χ0n) is 7.15. The number of carbonyl (C=O) groups excluding carboxylic acids is 1. The van der Waals surface area contributed by atoms with Crippen molar-refractivity contribution in [2.45, 2.75) is 31.0 Å². The number of hydrogen-bond acceptors (Lipinski definition) is 4. The molecule has 0 spiro atoms. The quantitative estimate of drug-likeness (QED) is 0.410. The molecule has 1 saturated carbocycles. The molecule has 3 atom stereocenters. The number of aliphatic hydroxyl groups excluding tert-OH is 1. The van der Waals surface area contributed by atoms with Gasteiger partial charge in [0.15, 0.2) is 5.54 Å². The first-order valence-corrected chi connectivity index (χ1v) is 3.89. The van der Waals surface area contributed by atoms with Crippen molar-refractivity contribution in [2.24, 2.45) is 5.73 Å². The molecule has 1 aliphatic carbocycles. The highest BCUT2D eigenvalue weighted by Crippen LogP contribution is 2.36. The van der Waals surface area contributed by atoms with Crippen molar-refractivity contribution in [2.75, 3.05) is 0 Å². The molecule has 5 N–H and O–H groups in total. The number of carbonyl (C=O) groups is 2. The van der Waals surface area contributed by atoms with Gasteiger partial charge in [0, 0.05) is 6.42 Å². The van der Waals surface area contributed by atoms with Crippen LogP contribution in [0.5, 0.6) is 0 Å². The van der Waals surface area contributed by atoms with Gasteiger partial charge in [-0.25, -0.2) is 4.79 Å². The molecule has 0 aromatic heterocycles. The predicted octanol–water partition coefficient (Wildman–Crippen LogP) is -1.96. The molecule has 6 nitrogen and oxygen atoms in total. The lowest BCUT2D eigenvalue weighted by Gasteiger charge is -2.14. The van der Waals surface area contributed by atoms with E-state index in [2.05, 4.69) is 5.32 Å². The van der Waals surface area contributed by atoms with E-state index in [9.17, 15) is 9.59 Å². The van der Waals surface area contributed by atoms with Crippen LogP contribution in [0.4, 0.5) is 0 Å². The van der Waals surface area contributed by atoms with Crippen LogP contribution < -0.4 is 11.1 Å². The van der Waals surface area contributed by atoms with Crippen molar-refractivity contribution in [1.29, 1.82) is 0 Å². The number of rotatable bonds is 3. The lowest BCUT2D eigenvalue weighted by atomic mass is 10.2. The minimum Gasteiger partial charge on any atom is -0.479 e. The molecule has 0 aromatic rings. The van der Waals surface area contributed by atoms with Crippen LogP contribution in [0.3, 0.4) is 0 Å². The highest BCUT2D eigenvalue weighted by atomic mass is 16.4. The summed E-state index contributed by atoms with van der Waals surface area (Å²) in [4.78, 5) is 21.7. The van der Waals surface area contributed by atoms with E-state index in [1.807, 2.05) is 0 Å². The van der Waals surface area contributed by atoms with Crippen LogP contribution in [0.1, 0.15) is 13.3 Å². The van der Waals surface area contributed by atoms with Crippen molar-refractivity contribution in [3.05, 3.63) is 0 Å². The Morgan fingerprint density at radius 1 is 1.69 bits per heavy atom. The molecule has 0 saturated heterocycles. The van der Waals surface area contributed by atoms with Crippen molar-refractivity contribution < 1.29 is 19.8 Å². The number of carboxylic acid groups (broad SMARTS) is 1. The monoisotopic (exact) mass is 188 g/mol. The summed E-state index contributed by atoms with van der Waals surface area (Å²) in [7, 11) is 0. The number of aliphatic hydroxyl groups is 1. The zero-order chi connectivity index (χ0) is 10.2. The summed E-state index contributed by atoms with van der Waals surface area (Å²) in [6.07, 6.45) is -0.964. The standard InChI is InChI=1S/C7H12N2O4/c1-3(8)5(11)9-7(6(12)13)2-4(7)10/h3-4,10H,2,8H2,1H3,(H,9,11)(H,12,13)/t3-,4+,7?/m0/s1. The summed E-state index contributed by atoms with van der Waals surface area (Å²) in [5, 5.41) is 19.9. The third-order valence-electron chi connectivity index (χ3n) is 2.07. The minimum absolute atomic E-state index is 0.0425. The molecule has 0 radical (unpaired) electrons. The van der Waals surface area contributed by atoms with E-state index in [1.54, 1.807) is 0 Å². The van der Waals surface area contributed by atoms with E-state index in [0.717, 1.165) is 0 Å². The van der Waals surface area contributed by atoms with E-state index < -0.39 is 29.6 Å². The molecule has 1 rings (SSSR count). The van der Waals surface area contributed by atoms with Crippen LogP contribution in [0.15, 0.2) is 0 Å². The van der Waals surface area contributed by atoms with E-state index in [1.165, 1.54) is 6.92 Å². The molecular formula is C7H12N2O4. The van der Waals surface area contributed by atoms with Crippen molar-refractivity contribution in [3.63, 3.8) is 0 Å². The lowest BCUT2D eigenvalue weighted by Crippen LogP contribution is -2.51. The van der Waals surface area contributed by atoms with E-state index >= 15 is 0 Å². The zero-order valence-corrected chi connectivity index (χ0v) is 7.15. The van der Waals surface area contributed by atoms with Gasteiger partial charge in [-0.05, 0) is 6.92 Å². The summed E-state index contributed by atoms with van der Waals surface area (Å²) in [5.74, 6) is -1.80. The Morgan fingerprint density at radius 3 is 2.38 bits per heavy atom. The number of hydrogen-bond donors (Lipinski definition) is 4. The number of aliphatic carboxylic acids is 1. The third kappa shape index (κ3) is 1.63. The Labute approximate surface area is 74.7 Å². The average Bonchev–Trinajstić information content (AvgIpc) is 2.62. The Hall–Kier alpha value is -1.14. The summed E-state index contributed by atoms with van der Waals surface area (Å²) in [6, 6.07) is -0.774. The Bertz CT molecular complexity index is 253. The molecule has 6 heteroatoms. The van der Waals surface area contributed by atoms with Crippen LogP contribution in [0.25, 0.3) is 0 Å². The summed E-state index contributed by atoms with van der Waals surface area (Å²) < 4.78 is 0. The summed E-state index contributed by atoms with van der Waals surface area (Å²) >= 11 is 0. The second kappa shape index (κ2) is 2.97. The fraction of sp³-hybridized carbons (Fsp3) is 0.714. The topological polar surface area (TPSA) is 113 Å². The van der Waals surface area contributed by atoms with Gasteiger partial charge < -0.3 is 21.3 Å². The molecule has 1 aliphatic rings. The molecule has 0 aliphatic heterocycles. The van der Waals surface area contributed by atoms with E-state index in [-0.39, 0.29) is 6.42 Å². The van der Waals surface area contributed by atoms with Gasteiger partial charge in [-0.3, -0.25) is 4.79 Å². The molecular weight excluding hydrogens is 176 g/mol. The van der Waals surface area contributed by atoms with E-state index in [4.69, 9.17) is 15.9 Å². The fourth-order valence-corrected chi connectivity index (χ4v) is 0.997. The summed E-state index contributed by atoms with van der Waals surface area (Å²) in [6.45, 7) is 1.44. The Balaban J connectivity index is 2.62. The van der Waals surface area contributed by atoms with Gasteiger partial charge in [-0.1, -0.05) is 0 Å². The van der Waals surface area contributed by atoms with Crippen LogP contribution >= 0.6 is 0 Å². The maximum Gasteiger partial charge on any atom is 0.332 e. The molecule has 1 amide bonds. The molecule has 0 aromatic carbocycles. The first-order chi connectivity index (χ1) is 5.90. The summed E-state index contributed by atoms with van der Waals surface area (Å²) in [5.41, 5.74) is 3.73. The smallest absolute Gasteiger partial charge is 0.332 e. The van der Waals surface area contributed by atoms with Gasteiger partial charge in [0.1, 0.15) is 0 Å². The van der Waals surface area contributed by atoms with Crippen molar-refractivity contribution in [1.82, 2.24) is 5.32 Å². The van der Waals surface area contributed by atoms with Crippen molar-refractivity contribution in [3.8, 4) is 0 Å². The van der Waals surface area contributed by atoms with Crippen LogP contribution in [0.2, 0.25) is 0 Å². The Morgan fingerprint density at radius 2 is 2.15 bits per heavy atom. The molecule has 0 bridgehead atoms. The van der Waals surface area contributed by atoms with Gasteiger partial charge >= 0.3 is 5.97 Å². The largest absolute Gasteiger partial charge is 0.479 e. The first kappa shape index (κ1) is 9.94. The average molecular weight is 188 g/mol. The molecule has 1 fully saturated rings. The second-order valence-electron chi connectivity index (χ2n) is 3.27. The van der Waals surface area contributed by atoms with Crippen LogP contribution in [-0.4, -0.2) is 39.8 Å². The highest BCUT2D eigenvalue weighted by molar-refractivity contribution is 5.92. The Kier molecular flexibility index (Phi) is 2.27. The van der Waals surface area contributed by atoms with Gasteiger partial charge in [0.05, 0.1) is 12.1 Å². The number of nitrogens with two attached hydrogens (primary N) is 1. The van der Waals surface area contributed by atoms with Gasteiger partial charge in [-0.15, -0.1) is 0 Å². The molecule has 1 unspecified atom stereocenters. The van der Waals surface area contributed by atoms with Crippen molar-refractivity contribution >= 4 is 11.9 Å². The van der Waals surface area contributed by atoms with E-state index in [0.29, 0.717) is 0 Å². The lowest BCUT2D eigenvalue weighted by molar-refractivity contribution is -0.144. The predicted molar refractivity (Wildman–Crippen MR) is 42.8 cm³/mol. The van der Waals surface area contributed by atoms with Gasteiger partial charge in [0.25, 0.3) is 0 Å². The normalized spacial score (nSPS) is 33.6. The van der Waals surface area contributed by atoms with Crippen LogP contribution in [0, 0.1) is 0 Å². The first-order valence-electron chi connectivity index (χ1n) is 3.89.